The minimum atomic E-state index is -0.572. The average molecular weight is 404 g/mol. The van der Waals surface area contributed by atoms with Crippen molar-refractivity contribution in [2.45, 2.75) is 12.8 Å². The predicted molar refractivity (Wildman–Crippen MR) is 112 cm³/mol. The first-order valence-corrected chi connectivity index (χ1v) is 9.36. The third kappa shape index (κ3) is 5.75. The van der Waals surface area contributed by atoms with Crippen molar-refractivity contribution in [1.82, 2.24) is 0 Å². The van der Waals surface area contributed by atoms with E-state index in [4.69, 9.17) is 4.74 Å². The van der Waals surface area contributed by atoms with Crippen molar-refractivity contribution in [1.29, 1.82) is 0 Å². The summed E-state index contributed by atoms with van der Waals surface area (Å²) in [5.74, 6) is -1.10. The molecule has 152 valence electrons. The zero-order chi connectivity index (χ0) is 21.3. The molecule has 0 fully saturated rings. The van der Waals surface area contributed by atoms with Crippen LogP contribution < -0.4 is 5.32 Å². The van der Waals surface area contributed by atoms with Crippen molar-refractivity contribution in [2.24, 2.45) is 0 Å². The van der Waals surface area contributed by atoms with Gasteiger partial charge in [-0.15, -0.1) is 0 Å². The molecule has 7 nitrogen and oxygen atoms in total. The van der Waals surface area contributed by atoms with E-state index in [2.05, 4.69) is 5.32 Å². The number of nitrogens with one attached hydrogen (secondary N) is 1. The van der Waals surface area contributed by atoms with E-state index in [1.165, 1.54) is 29.8 Å². The van der Waals surface area contributed by atoms with Gasteiger partial charge in [0.15, 0.2) is 6.61 Å². The van der Waals surface area contributed by atoms with Crippen LogP contribution in [0.15, 0.2) is 78.9 Å². The Kier molecular flexibility index (Phi) is 6.89. The van der Waals surface area contributed by atoms with Gasteiger partial charge in [-0.2, -0.15) is 0 Å². The van der Waals surface area contributed by atoms with Gasteiger partial charge in [0.2, 0.25) is 0 Å². The van der Waals surface area contributed by atoms with Crippen molar-refractivity contribution < 1.29 is 19.2 Å². The van der Waals surface area contributed by atoms with Crippen LogP contribution >= 0.6 is 0 Å². The fourth-order valence-corrected chi connectivity index (χ4v) is 2.93. The van der Waals surface area contributed by atoms with E-state index in [0.717, 1.165) is 12.0 Å². The van der Waals surface area contributed by atoms with Crippen molar-refractivity contribution in [3.05, 3.63) is 106 Å². The molecule has 3 aromatic carbocycles. The van der Waals surface area contributed by atoms with Gasteiger partial charge in [-0.05, 0) is 42.2 Å². The van der Waals surface area contributed by atoms with Crippen LogP contribution in [0.4, 0.5) is 11.4 Å². The number of benzene rings is 3. The van der Waals surface area contributed by atoms with Crippen LogP contribution in [-0.2, 0) is 22.4 Å². The van der Waals surface area contributed by atoms with Gasteiger partial charge in [0, 0.05) is 17.8 Å². The van der Waals surface area contributed by atoms with Crippen LogP contribution in [0.1, 0.15) is 21.5 Å². The van der Waals surface area contributed by atoms with Crippen molar-refractivity contribution in [2.75, 3.05) is 11.9 Å². The highest BCUT2D eigenvalue weighted by Gasteiger charge is 2.14. The molecule has 0 saturated carbocycles. The molecule has 0 aliphatic heterocycles. The minimum absolute atomic E-state index is 0.0773. The number of nitro benzene ring substituents is 1. The number of ether oxygens (including phenoxy) is 1. The van der Waals surface area contributed by atoms with Gasteiger partial charge in [-0.1, -0.05) is 48.5 Å². The number of carbonyl (C=O) groups is 2. The van der Waals surface area contributed by atoms with Crippen molar-refractivity contribution in [3.63, 3.8) is 0 Å². The number of non-ortho nitro benzene ring substituents is 1. The highest BCUT2D eigenvalue weighted by atomic mass is 16.6. The monoisotopic (exact) mass is 404 g/mol. The molecule has 3 rings (SSSR count). The number of hydrogen-bond donors (Lipinski definition) is 1. The van der Waals surface area contributed by atoms with E-state index < -0.39 is 23.4 Å². The maximum Gasteiger partial charge on any atom is 0.338 e. The molecule has 30 heavy (non-hydrogen) atoms. The Morgan fingerprint density at radius 1 is 0.867 bits per heavy atom. The summed E-state index contributed by atoms with van der Waals surface area (Å²) in [6.45, 7) is -0.456. The molecule has 3 aromatic rings. The van der Waals surface area contributed by atoms with Crippen molar-refractivity contribution in [3.8, 4) is 0 Å². The van der Waals surface area contributed by atoms with E-state index in [1.54, 1.807) is 12.1 Å². The van der Waals surface area contributed by atoms with Gasteiger partial charge in [-0.25, -0.2) is 4.79 Å². The second-order valence-corrected chi connectivity index (χ2v) is 6.57. The Labute approximate surface area is 173 Å². The second kappa shape index (κ2) is 9.97. The third-order valence-corrected chi connectivity index (χ3v) is 4.46. The molecule has 0 radical (unpaired) electrons. The fraction of sp³-hybridized carbons (Fsp3) is 0.130. The van der Waals surface area contributed by atoms with Gasteiger partial charge < -0.3 is 10.1 Å². The number of nitro groups is 1. The smallest absolute Gasteiger partial charge is 0.338 e. The third-order valence-electron chi connectivity index (χ3n) is 4.46. The lowest BCUT2D eigenvalue weighted by Gasteiger charge is -2.10. The number of hydrogen-bond acceptors (Lipinski definition) is 5. The zero-order valence-corrected chi connectivity index (χ0v) is 16.1. The van der Waals surface area contributed by atoms with E-state index in [1.807, 2.05) is 42.5 Å². The molecule has 1 amide bonds. The lowest BCUT2D eigenvalue weighted by atomic mass is 10.00. The topological polar surface area (TPSA) is 98.5 Å². The number of amides is 1. The van der Waals surface area contributed by atoms with Crippen LogP contribution in [0.25, 0.3) is 0 Å². The molecule has 0 atom stereocenters. The van der Waals surface area contributed by atoms with Crippen LogP contribution in [0, 0.1) is 10.1 Å². The SMILES string of the molecule is O=C(COC(=O)c1ccccc1CCc1ccccc1)Nc1ccc([N+](=O)[O-])cc1. The zero-order valence-electron chi connectivity index (χ0n) is 16.1. The highest BCUT2D eigenvalue weighted by molar-refractivity contribution is 5.96. The summed E-state index contributed by atoms with van der Waals surface area (Å²) in [5, 5.41) is 13.2. The summed E-state index contributed by atoms with van der Waals surface area (Å²) < 4.78 is 5.16. The molecule has 0 unspecified atom stereocenters. The lowest BCUT2D eigenvalue weighted by Crippen LogP contribution is -2.21. The van der Waals surface area contributed by atoms with Crippen LogP contribution in [0.3, 0.4) is 0 Å². The molecule has 0 aliphatic carbocycles. The summed E-state index contributed by atoms with van der Waals surface area (Å²) in [5.41, 5.74) is 2.75. The number of carbonyl (C=O) groups excluding carboxylic acids is 2. The number of rotatable bonds is 8. The summed E-state index contributed by atoms with van der Waals surface area (Å²) >= 11 is 0. The first kappa shape index (κ1) is 20.7. The summed E-state index contributed by atoms with van der Waals surface area (Å²) in [6, 6.07) is 22.5. The average Bonchev–Trinajstić information content (AvgIpc) is 2.77. The second-order valence-electron chi connectivity index (χ2n) is 6.57. The lowest BCUT2D eigenvalue weighted by molar-refractivity contribution is -0.384. The molecule has 0 saturated heterocycles. The van der Waals surface area contributed by atoms with Crippen LogP contribution in [-0.4, -0.2) is 23.4 Å². The maximum atomic E-state index is 12.5. The Hall–Kier alpha value is -4.00. The predicted octanol–water partition coefficient (Wildman–Crippen LogP) is 4.18. The van der Waals surface area contributed by atoms with E-state index in [0.29, 0.717) is 17.7 Å². The largest absolute Gasteiger partial charge is 0.452 e. The Morgan fingerprint density at radius 3 is 2.23 bits per heavy atom. The molecule has 1 N–H and O–H groups in total. The molecular formula is C23H20N2O5. The van der Waals surface area contributed by atoms with E-state index in [9.17, 15) is 19.7 Å². The Balaban J connectivity index is 1.55. The van der Waals surface area contributed by atoms with Gasteiger partial charge >= 0.3 is 5.97 Å². The molecule has 0 heterocycles. The Bertz CT molecular complexity index is 1030. The first-order valence-electron chi connectivity index (χ1n) is 9.36. The fourth-order valence-electron chi connectivity index (χ4n) is 2.93. The van der Waals surface area contributed by atoms with E-state index >= 15 is 0 Å². The molecule has 0 aromatic heterocycles. The maximum absolute atomic E-state index is 12.5. The molecule has 0 aliphatic rings. The standard InChI is InChI=1S/C23H20N2O5/c26-22(24-19-12-14-20(15-13-19)25(28)29)16-30-23(27)21-9-5-4-8-18(21)11-10-17-6-2-1-3-7-17/h1-9,12-15H,10-11,16H2,(H,24,26). The number of anilines is 1. The number of nitrogens with zero attached hydrogens (tertiary/aromatic N) is 1. The van der Waals surface area contributed by atoms with Crippen molar-refractivity contribution >= 4 is 23.3 Å². The first-order chi connectivity index (χ1) is 14.5. The number of aryl methyl sites for hydroxylation is 2. The molecule has 0 spiro atoms. The van der Waals surface area contributed by atoms with Crippen LogP contribution in [0.5, 0.6) is 0 Å². The highest BCUT2D eigenvalue weighted by Crippen LogP contribution is 2.16. The summed E-state index contributed by atoms with van der Waals surface area (Å²) in [6.07, 6.45) is 1.45. The molecule has 0 bridgehead atoms. The van der Waals surface area contributed by atoms with Gasteiger partial charge in [0.1, 0.15) is 0 Å². The molecular weight excluding hydrogens is 384 g/mol. The summed E-state index contributed by atoms with van der Waals surface area (Å²) in [7, 11) is 0. The normalized spacial score (nSPS) is 10.3. The minimum Gasteiger partial charge on any atom is -0.452 e. The van der Waals surface area contributed by atoms with Gasteiger partial charge in [-0.3, -0.25) is 14.9 Å². The quantitative estimate of drug-likeness (QED) is 0.345. The van der Waals surface area contributed by atoms with E-state index in [-0.39, 0.29) is 5.69 Å². The van der Waals surface area contributed by atoms with Gasteiger partial charge in [0.05, 0.1) is 10.5 Å². The molecule has 7 heteroatoms. The Morgan fingerprint density at radius 2 is 1.53 bits per heavy atom. The van der Waals surface area contributed by atoms with Gasteiger partial charge in [0.25, 0.3) is 11.6 Å². The number of esters is 1. The van der Waals surface area contributed by atoms with Crippen LogP contribution in [0.2, 0.25) is 0 Å². The summed E-state index contributed by atoms with van der Waals surface area (Å²) in [4.78, 5) is 34.7.